The number of hydrogen-bond donors (Lipinski definition) is 0. The molecule has 0 spiro atoms. The monoisotopic (exact) mass is 366 g/mol. The van der Waals surface area contributed by atoms with Gasteiger partial charge < -0.3 is 4.74 Å². The highest BCUT2D eigenvalue weighted by Gasteiger charge is 2.35. The van der Waals surface area contributed by atoms with Gasteiger partial charge in [-0.3, -0.25) is 9.69 Å². The van der Waals surface area contributed by atoms with Crippen molar-refractivity contribution in [1.29, 1.82) is 0 Å². The average Bonchev–Trinajstić information content (AvgIpc) is 2.90. The fraction of sp³-hybridized carbons (Fsp3) is 0.238. The van der Waals surface area contributed by atoms with E-state index < -0.39 is 0 Å². The number of allylic oxidation sites excluding steroid dienone is 1. The van der Waals surface area contributed by atoms with Crippen LogP contribution in [-0.2, 0) is 4.79 Å². The highest BCUT2D eigenvalue weighted by atomic mass is 32.2. The molecule has 2 aromatic rings. The number of thioether (sulfide) groups is 1. The van der Waals surface area contributed by atoms with Crippen LogP contribution in [0.4, 0.5) is 11.4 Å². The first kappa shape index (κ1) is 18.3. The first-order valence-corrected chi connectivity index (χ1v) is 9.22. The number of methoxy groups -OCH3 is 1. The first-order chi connectivity index (χ1) is 12.4. The Morgan fingerprint density at radius 2 is 1.69 bits per heavy atom. The van der Waals surface area contributed by atoms with E-state index in [0.29, 0.717) is 10.1 Å². The van der Waals surface area contributed by atoms with Gasteiger partial charge in [0.05, 0.1) is 23.4 Å². The van der Waals surface area contributed by atoms with Gasteiger partial charge >= 0.3 is 0 Å². The third-order valence-corrected chi connectivity index (χ3v) is 4.65. The van der Waals surface area contributed by atoms with E-state index in [2.05, 4.69) is 20.8 Å². The lowest BCUT2D eigenvalue weighted by molar-refractivity contribution is -0.113. The minimum absolute atomic E-state index is 0.0385. The van der Waals surface area contributed by atoms with E-state index in [1.165, 1.54) is 11.8 Å². The summed E-state index contributed by atoms with van der Waals surface area (Å²) in [5.41, 5.74) is 1.50. The largest absolute Gasteiger partial charge is 0.497 e. The van der Waals surface area contributed by atoms with Crippen LogP contribution in [-0.4, -0.2) is 18.2 Å². The summed E-state index contributed by atoms with van der Waals surface area (Å²) >= 11 is 1.41. The molecule has 0 radical (unpaired) electrons. The molecule has 0 bridgehead atoms. The second kappa shape index (κ2) is 7.38. The smallest absolute Gasteiger partial charge is 0.271 e. The molecular formula is C21H22N2O2S. The van der Waals surface area contributed by atoms with Crippen LogP contribution >= 0.6 is 11.8 Å². The van der Waals surface area contributed by atoms with Gasteiger partial charge in [0.2, 0.25) is 0 Å². The van der Waals surface area contributed by atoms with E-state index >= 15 is 0 Å². The summed E-state index contributed by atoms with van der Waals surface area (Å²) in [7, 11) is 1.63. The first-order valence-electron chi connectivity index (χ1n) is 8.40. The standard InChI is InChI=1S/C21H22N2O2S/c1-21(2,3)14-18-19(24)23(16-8-6-5-7-9-16)20(26-18)22-15-10-12-17(25-4)13-11-15/h5-14H,1-4H3/b18-14-,22-20?. The Bertz CT molecular complexity index is 850. The van der Waals surface area contributed by atoms with Gasteiger partial charge in [-0.2, -0.15) is 0 Å². The van der Waals surface area contributed by atoms with Gasteiger partial charge in [-0.1, -0.05) is 45.0 Å². The maximum absolute atomic E-state index is 13.0. The molecule has 134 valence electrons. The maximum Gasteiger partial charge on any atom is 0.271 e. The van der Waals surface area contributed by atoms with Crippen molar-refractivity contribution in [3.05, 3.63) is 65.6 Å². The summed E-state index contributed by atoms with van der Waals surface area (Å²) in [6.07, 6.45) is 2.01. The van der Waals surface area contributed by atoms with Crippen molar-refractivity contribution in [2.24, 2.45) is 10.4 Å². The third kappa shape index (κ3) is 4.17. The number of aliphatic imine (C=N–C) groups is 1. The van der Waals surface area contributed by atoms with Crippen molar-refractivity contribution in [2.75, 3.05) is 12.0 Å². The van der Waals surface area contributed by atoms with E-state index in [0.717, 1.165) is 17.1 Å². The molecule has 0 aliphatic carbocycles. The molecule has 3 rings (SSSR count). The molecule has 0 saturated carbocycles. The van der Waals surface area contributed by atoms with Crippen LogP contribution in [0.3, 0.4) is 0 Å². The number of anilines is 1. The predicted octanol–water partition coefficient (Wildman–Crippen LogP) is 5.39. The third-order valence-electron chi connectivity index (χ3n) is 3.68. The van der Waals surface area contributed by atoms with Crippen molar-refractivity contribution in [1.82, 2.24) is 0 Å². The van der Waals surface area contributed by atoms with Crippen LogP contribution in [0, 0.1) is 5.41 Å². The molecule has 0 atom stereocenters. The zero-order valence-electron chi connectivity index (χ0n) is 15.4. The number of ether oxygens (including phenoxy) is 1. The zero-order valence-corrected chi connectivity index (χ0v) is 16.2. The summed E-state index contributed by atoms with van der Waals surface area (Å²) in [6, 6.07) is 17.1. The molecule has 0 unspecified atom stereocenters. The van der Waals surface area contributed by atoms with Crippen molar-refractivity contribution in [3.8, 4) is 5.75 Å². The lowest BCUT2D eigenvalue weighted by atomic mass is 9.96. The highest BCUT2D eigenvalue weighted by Crippen LogP contribution is 2.38. The van der Waals surface area contributed by atoms with E-state index in [-0.39, 0.29) is 11.3 Å². The minimum atomic E-state index is -0.0874. The minimum Gasteiger partial charge on any atom is -0.497 e. The van der Waals surface area contributed by atoms with Crippen LogP contribution in [0.15, 0.2) is 70.6 Å². The number of hydrogen-bond acceptors (Lipinski definition) is 4. The molecule has 1 aliphatic heterocycles. The number of carbonyl (C=O) groups excluding carboxylic acids is 1. The summed E-state index contributed by atoms with van der Waals surface area (Å²) in [4.78, 5) is 20.1. The van der Waals surface area contributed by atoms with Crippen molar-refractivity contribution in [3.63, 3.8) is 0 Å². The second-order valence-electron chi connectivity index (χ2n) is 7.05. The van der Waals surface area contributed by atoms with Gasteiger partial charge in [0.1, 0.15) is 5.75 Å². The normalized spacial score (nSPS) is 18.0. The number of nitrogens with zero attached hydrogens (tertiary/aromatic N) is 2. The van der Waals surface area contributed by atoms with Crippen molar-refractivity contribution in [2.45, 2.75) is 20.8 Å². The molecule has 1 aliphatic rings. The summed E-state index contributed by atoms with van der Waals surface area (Å²) in [6.45, 7) is 6.25. The van der Waals surface area contributed by atoms with Crippen LogP contribution < -0.4 is 9.64 Å². The molecule has 1 amide bonds. The maximum atomic E-state index is 13.0. The molecule has 1 fully saturated rings. The number of para-hydroxylation sites is 1. The molecule has 26 heavy (non-hydrogen) atoms. The molecule has 5 heteroatoms. The van der Waals surface area contributed by atoms with Gasteiger partial charge in [0.15, 0.2) is 5.17 Å². The van der Waals surface area contributed by atoms with Crippen LogP contribution in [0.1, 0.15) is 20.8 Å². The van der Waals surface area contributed by atoms with Crippen LogP contribution in [0.5, 0.6) is 5.75 Å². The highest BCUT2D eigenvalue weighted by molar-refractivity contribution is 8.19. The SMILES string of the molecule is COc1ccc(N=C2S/C(=C\C(C)(C)C)C(=O)N2c2ccccc2)cc1. The fourth-order valence-corrected chi connectivity index (χ4v) is 3.73. The average molecular weight is 366 g/mol. The molecule has 0 N–H and O–H groups in total. The topological polar surface area (TPSA) is 41.9 Å². The Balaban J connectivity index is 2.03. The van der Waals surface area contributed by atoms with Gasteiger partial charge in [0.25, 0.3) is 5.91 Å². The van der Waals surface area contributed by atoms with Crippen molar-refractivity contribution < 1.29 is 9.53 Å². The van der Waals surface area contributed by atoms with E-state index in [1.807, 2.05) is 60.7 Å². The number of amides is 1. The molecule has 2 aromatic carbocycles. The lowest BCUT2D eigenvalue weighted by Crippen LogP contribution is -2.28. The Kier molecular flexibility index (Phi) is 5.18. The van der Waals surface area contributed by atoms with Crippen LogP contribution in [0.2, 0.25) is 0 Å². The zero-order chi connectivity index (χ0) is 18.7. The second-order valence-corrected chi connectivity index (χ2v) is 8.05. The number of carbonyl (C=O) groups is 1. The van der Waals surface area contributed by atoms with E-state index in [4.69, 9.17) is 9.73 Å². The van der Waals surface area contributed by atoms with Crippen molar-refractivity contribution >= 4 is 34.2 Å². The van der Waals surface area contributed by atoms with Gasteiger partial charge in [-0.15, -0.1) is 0 Å². The molecular weight excluding hydrogens is 344 g/mol. The Hall–Kier alpha value is -2.53. The van der Waals surface area contributed by atoms with Crippen LogP contribution in [0.25, 0.3) is 0 Å². The van der Waals surface area contributed by atoms with Gasteiger partial charge in [-0.25, -0.2) is 4.99 Å². The lowest BCUT2D eigenvalue weighted by Gasteiger charge is -2.16. The summed E-state index contributed by atoms with van der Waals surface area (Å²) < 4.78 is 5.19. The molecule has 1 heterocycles. The molecule has 0 aromatic heterocycles. The number of amidine groups is 1. The summed E-state index contributed by atoms with van der Waals surface area (Å²) in [5, 5.41) is 0.655. The van der Waals surface area contributed by atoms with Gasteiger partial charge in [-0.05, 0) is 53.6 Å². The predicted molar refractivity (Wildman–Crippen MR) is 109 cm³/mol. The number of rotatable bonds is 3. The Morgan fingerprint density at radius 3 is 2.27 bits per heavy atom. The van der Waals surface area contributed by atoms with E-state index in [9.17, 15) is 4.79 Å². The Morgan fingerprint density at radius 1 is 1.04 bits per heavy atom. The summed E-state index contributed by atoms with van der Waals surface area (Å²) in [5.74, 6) is 0.737. The quantitative estimate of drug-likeness (QED) is 0.684. The van der Waals surface area contributed by atoms with E-state index in [1.54, 1.807) is 12.0 Å². The van der Waals surface area contributed by atoms with Gasteiger partial charge in [0, 0.05) is 0 Å². The molecule has 1 saturated heterocycles. The molecule has 4 nitrogen and oxygen atoms in total. The Labute approximate surface area is 158 Å². The fourth-order valence-electron chi connectivity index (χ4n) is 2.51. The number of benzene rings is 2.